The number of hydrogen-bond acceptors (Lipinski definition) is 5. The van der Waals surface area contributed by atoms with Crippen molar-refractivity contribution >= 4 is 12.4 Å². The summed E-state index contributed by atoms with van der Waals surface area (Å²) >= 11 is 0. The van der Waals surface area contributed by atoms with Gasteiger partial charge in [-0.3, -0.25) is 14.5 Å². The molecule has 2 fully saturated rings. The van der Waals surface area contributed by atoms with Crippen LogP contribution in [-0.2, 0) is 19.7 Å². The molecule has 0 radical (unpaired) electrons. The highest BCUT2D eigenvalue weighted by Gasteiger charge is 2.39. The van der Waals surface area contributed by atoms with E-state index in [9.17, 15) is 4.79 Å². The number of carbonyl (C=O) groups is 2. The Hall–Kier alpha value is -2.71. The van der Waals surface area contributed by atoms with Gasteiger partial charge in [0.2, 0.25) is 5.91 Å². The van der Waals surface area contributed by atoms with Crippen LogP contribution in [0.25, 0.3) is 11.4 Å². The Morgan fingerprint density at radius 1 is 1.21 bits per heavy atom. The van der Waals surface area contributed by atoms with Gasteiger partial charge in [0.05, 0.1) is 19.1 Å². The van der Waals surface area contributed by atoms with Gasteiger partial charge in [0, 0.05) is 57.2 Å². The minimum atomic E-state index is -0.250. The van der Waals surface area contributed by atoms with Crippen molar-refractivity contribution in [2.24, 2.45) is 0 Å². The number of carboxylic acid groups (broad SMARTS) is 1. The number of ether oxygens (including phenoxy) is 1. The van der Waals surface area contributed by atoms with E-state index in [-0.39, 0.29) is 23.9 Å². The van der Waals surface area contributed by atoms with Gasteiger partial charge in [-0.15, -0.1) is 0 Å². The van der Waals surface area contributed by atoms with Crippen LogP contribution in [0, 0.1) is 0 Å². The predicted octanol–water partition coefficient (Wildman–Crippen LogP) is 3.04. The Balaban J connectivity index is 0.000000968. The summed E-state index contributed by atoms with van der Waals surface area (Å²) in [6.07, 6.45) is 5.50. The summed E-state index contributed by atoms with van der Waals surface area (Å²) in [4.78, 5) is 29.2. The molecule has 0 saturated carbocycles. The van der Waals surface area contributed by atoms with Crippen molar-refractivity contribution in [3.05, 3.63) is 42.2 Å². The molecule has 8 heteroatoms. The molecular weight excluding hydrogens is 420 g/mol. The van der Waals surface area contributed by atoms with Crippen LogP contribution in [-0.4, -0.2) is 82.8 Å². The molecule has 180 valence electrons. The number of nitrogens with zero attached hydrogens (tertiary/aromatic N) is 4. The number of amides is 1. The van der Waals surface area contributed by atoms with E-state index in [2.05, 4.69) is 65.7 Å². The van der Waals surface area contributed by atoms with Crippen LogP contribution in [0.5, 0.6) is 0 Å². The fraction of sp³-hybridized carbons (Fsp3) is 0.560. The van der Waals surface area contributed by atoms with Crippen molar-refractivity contribution in [1.82, 2.24) is 19.4 Å². The number of aromatic nitrogens is 2. The first-order valence-electron chi connectivity index (χ1n) is 11.4. The van der Waals surface area contributed by atoms with E-state index in [1.54, 1.807) is 19.0 Å². The van der Waals surface area contributed by atoms with Crippen molar-refractivity contribution in [3.8, 4) is 11.4 Å². The molecule has 4 rings (SSSR count). The van der Waals surface area contributed by atoms with Gasteiger partial charge in [-0.25, -0.2) is 4.98 Å². The lowest BCUT2D eigenvalue weighted by atomic mass is 9.86. The van der Waals surface area contributed by atoms with Crippen LogP contribution in [0.1, 0.15) is 45.2 Å². The number of rotatable bonds is 4. The maximum absolute atomic E-state index is 12.1. The fourth-order valence-electron chi connectivity index (χ4n) is 4.57. The maximum Gasteiger partial charge on any atom is 0.290 e. The summed E-state index contributed by atoms with van der Waals surface area (Å²) in [6, 6.07) is 9.60. The summed E-state index contributed by atoms with van der Waals surface area (Å²) in [7, 11) is 3.60. The van der Waals surface area contributed by atoms with Gasteiger partial charge in [0.25, 0.3) is 6.47 Å². The number of hydrogen-bond donors (Lipinski definition) is 1. The molecule has 2 aliphatic heterocycles. The van der Waals surface area contributed by atoms with Gasteiger partial charge in [-0.2, -0.15) is 0 Å². The second-order valence-corrected chi connectivity index (χ2v) is 10.0. The minimum absolute atomic E-state index is 0.0119. The topological polar surface area (TPSA) is 87.9 Å². The molecule has 0 bridgehead atoms. The van der Waals surface area contributed by atoms with Crippen molar-refractivity contribution in [1.29, 1.82) is 0 Å². The molecular formula is C25H36N4O4. The lowest BCUT2D eigenvalue weighted by Gasteiger charge is -2.35. The SMILES string of the molecule is CN(C)C(=O)C[C@H]1CN2C[C@H](n3ccnc3-c3ccc(C(C)(C)C)cc3)C[C@H]2CO1.O=CO. The third-order valence-electron chi connectivity index (χ3n) is 6.44. The third-order valence-corrected chi connectivity index (χ3v) is 6.44. The van der Waals surface area contributed by atoms with Crippen molar-refractivity contribution < 1.29 is 19.4 Å². The van der Waals surface area contributed by atoms with Crippen LogP contribution in [0.3, 0.4) is 0 Å². The van der Waals surface area contributed by atoms with E-state index >= 15 is 0 Å². The zero-order valence-corrected chi connectivity index (χ0v) is 20.3. The first-order chi connectivity index (χ1) is 15.6. The molecule has 0 spiro atoms. The third kappa shape index (κ3) is 6.00. The Bertz CT molecular complexity index is 933. The standard InChI is InChI=1S/C24H34N4O2.CH2O2/c1-24(2,3)18-8-6-17(7-9-18)23-25-10-11-28(23)19-12-20-16-30-21(15-27(20)14-19)13-22(29)26(4)5;2-1-3/h6-11,19-21H,12-16H2,1-5H3;1H,(H,2,3)/t19-,20+,21+;/m1./s1. The molecule has 2 saturated heterocycles. The van der Waals surface area contributed by atoms with Gasteiger partial charge in [-0.05, 0) is 17.4 Å². The van der Waals surface area contributed by atoms with Crippen LogP contribution in [0.2, 0.25) is 0 Å². The largest absolute Gasteiger partial charge is 0.483 e. The zero-order chi connectivity index (χ0) is 24.2. The molecule has 3 atom stereocenters. The summed E-state index contributed by atoms with van der Waals surface area (Å²) in [6.45, 7) is 8.96. The quantitative estimate of drug-likeness (QED) is 0.712. The van der Waals surface area contributed by atoms with Crippen LogP contribution in [0.15, 0.2) is 36.7 Å². The van der Waals surface area contributed by atoms with Gasteiger partial charge >= 0.3 is 0 Å². The fourth-order valence-corrected chi connectivity index (χ4v) is 4.57. The van der Waals surface area contributed by atoms with E-state index in [1.807, 2.05) is 6.20 Å². The molecule has 1 amide bonds. The number of morpholine rings is 1. The van der Waals surface area contributed by atoms with Crippen molar-refractivity contribution in [2.45, 2.75) is 57.2 Å². The van der Waals surface area contributed by atoms with E-state index in [4.69, 9.17) is 14.6 Å². The average Bonchev–Trinajstić information content (AvgIpc) is 3.40. The second kappa shape index (κ2) is 10.5. The molecule has 0 unspecified atom stereocenters. The molecule has 2 aliphatic rings. The Kier molecular flexibility index (Phi) is 7.92. The molecule has 1 N–H and O–H groups in total. The van der Waals surface area contributed by atoms with Gasteiger partial charge < -0.3 is 19.3 Å². The lowest BCUT2D eigenvalue weighted by Crippen LogP contribution is -2.47. The van der Waals surface area contributed by atoms with Crippen LogP contribution >= 0.6 is 0 Å². The molecule has 33 heavy (non-hydrogen) atoms. The number of benzene rings is 1. The minimum Gasteiger partial charge on any atom is -0.483 e. The zero-order valence-electron chi connectivity index (χ0n) is 20.3. The Labute approximate surface area is 196 Å². The average molecular weight is 457 g/mol. The maximum atomic E-state index is 12.1. The summed E-state index contributed by atoms with van der Waals surface area (Å²) in [5, 5.41) is 6.89. The molecule has 8 nitrogen and oxygen atoms in total. The van der Waals surface area contributed by atoms with Crippen molar-refractivity contribution in [2.75, 3.05) is 33.8 Å². The Morgan fingerprint density at radius 2 is 1.88 bits per heavy atom. The molecule has 2 aromatic rings. The highest BCUT2D eigenvalue weighted by atomic mass is 16.5. The normalized spacial score (nSPS) is 22.8. The molecule has 0 aliphatic carbocycles. The summed E-state index contributed by atoms with van der Waals surface area (Å²) < 4.78 is 8.35. The smallest absolute Gasteiger partial charge is 0.290 e. The summed E-state index contributed by atoms with van der Waals surface area (Å²) in [5.74, 6) is 1.16. The highest BCUT2D eigenvalue weighted by Crippen LogP contribution is 2.34. The van der Waals surface area contributed by atoms with Crippen LogP contribution < -0.4 is 0 Å². The van der Waals surface area contributed by atoms with Crippen LogP contribution in [0.4, 0.5) is 0 Å². The van der Waals surface area contributed by atoms with E-state index in [1.165, 1.54) is 5.56 Å². The van der Waals surface area contributed by atoms with Gasteiger partial charge in [-0.1, -0.05) is 45.0 Å². The number of carbonyl (C=O) groups excluding carboxylic acids is 1. The first kappa shape index (κ1) is 24.9. The van der Waals surface area contributed by atoms with Gasteiger partial charge in [0.1, 0.15) is 5.82 Å². The summed E-state index contributed by atoms with van der Waals surface area (Å²) in [5.41, 5.74) is 2.63. The molecule has 1 aromatic heterocycles. The molecule has 3 heterocycles. The number of fused-ring (bicyclic) bond motifs is 1. The van der Waals surface area contributed by atoms with Crippen molar-refractivity contribution in [3.63, 3.8) is 0 Å². The lowest BCUT2D eigenvalue weighted by molar-refractivity contribution is -0.134. The predicted molar refractivity (Wildman–Crippen MR) is 127 cm³/mol. The monoisotopic (exact) mass is 456 g/mol. The second-order valence-electron chi connectivity index (χ2n) is 10.0. The van der Waals surface area contributed by atoms with E-state index < -0.39 is 0 Å². The number of imidazole rings is 1. The van der Waals surface area contributed by atoms with E-state index in [0.29, 0.717) is 25.1 Å². The van der Waals surface area contributed by atoms with E-state index in [0.717, 1.165) is 30.9 Å². The first-order valence-corrected chi connectivity index (χ1v) is 11.4. The highest BCUT2D eigenvalue weighted by molar-refractivity contribution is 5.76. The molecule has 1 aromatic carbocycles. The Morgan fingerprint density at radius 3 is 2.48 bits per heavy atom. The van der Waals surface area contributed by atoms with Gasteiger partial charge in [0.15, 0.2) is 0 Å².